The minimum atomic E-state index is -0.243. The van der Waals surface area contributed by atoms with Gasteiger partial charge in [-0.3, -0.25) is 9.59 Å². The number of H-pyrrole nitrogens is 1. The summed E-state index contributed by atoms with van der Waals surface area (Å²) < 4.78 is 0.358. The molecule has 1 amide bonds. The van der Waals surface area contributed by atoms with Crippen LogP contribution in [0.4, 0.5) is 0 Å². The van der Waals surface area contributed by atoms with Crippen LogP contribution in [0.25, 0.3) is 0 Å². The van der Waals surface area contributed by atoms with Crippen LogP contribution in [0, 0.1) is 0 Å². The second kappa shape index (κ2) is 7.47. The molecule has 0 atom stereocenters. The Morgan fingerprint density at radius 1 is 1.47 bits per heavy atom. The average Bonchev–Trinajstić information content (AvgIpc) is 2.40. The number of rotatable bonds is 3. The van der Waals surface area contributed by atoms with Crippen LogP contribution in [0.1, 0.15) is 16.8 Å². The van der Waals surface area contributed by atoms with Gasteiger partial charge in [0.05, 0.1) is 10.0 Å². The van der Waals surface area contributed by atoms with Gasteiger partial charge in [-0.25, -0.2) is 0 Å². The smallest absolute Gasteiger partial charge is 0.262 e. The summed E-state index contributed by atoms with van der Waals surface area (Å²) in [5.41, 5.74) is 1.43. The molecule has 5 nitrogen and oxygen atoms in total. The van der Waals surface area contributed by atoms with Crippen LogP contribution < -0.4 is 16.2 Å². The fourth-order valence-electron chi connectivity index (χ4n) is 1.71. The van der Waals surface area contributed by atoms with E-state index >= 15 is 0 Å². The number of nitrogens with one attached hydrogen (secondary N) is 3. The normalized spacial score (nSPS) is 14.3. The third-order valence-electron chi connectivity index (χ3n) is 2.75. The van der Waals surface area contributed by atoms with E-state index in [9.17, 15) is 9.59 Å². The molecule has 0 saturated heterocycles. The Labute approximate surface area is 125 Å². The molecule has 1 aromatic heterocycles. The van der Waals surface area contributed by atoms with E-state index in [1.807, 2.05) is 0 Å². The first-order valence-corrected chi connectivity index (χ1v) is 6.51. The first-order valence-electron chi connectivity index (χ1n) is 5.72. The van der Waals surface area contributed by atoms with E-state index in [0.29, 0.717) is 16.6 Å². The van der Waals surface area contributed by atoms with E-state index in [1.54, 1.807) is 0 Å². The van der Waals surface area contributed by atoms with Crippen LogP contribution in [0.2, 0.25) is 0 Å². The molecule has 19 heavy (non-hydrogen) atoms. The molecular formula is C12H15BrClN3O2. The molecule has 0 aliphatic carbocycles. The topological polar surface area (TPSA) is 74.0 Å². The van der Waals surface area contributed by atoms with E-state index in [-0.39, 0.29) is 23.9 Å². The zero-order valence-corrected chi connectivity index (χ0v) is 12.6. The number of hydrogen-bond acceptors (Lipinski definition) is 3. The van der Waals surface area contributed by atoms with Crippen molar-refractivity contribution in [1.29, 1.82) is 0 Å². The predicted molar refractivity (Wildman–Crippen MR) is 79.9 cm³/mol. The highest BCUT2D eigenvalue weighted by molar-refractivity contribution is 9.10. The Bertz CT molecular complexity index is 542. The lowest BCUT2D eigenvalue weighted by atomic mass is 10.1. The summed E-state index contributed by atoms with van der Waals surface area (Å²) in [7, 11) is 0. The van der Waals surface area contributed by atoms with Gasteiger partial charge in [-0.1, -0.05) is 11.6 Å². The second-order valence-corrected chi connectivity index (χ2v) is 4.92. The van der Waals surface area contributed by atoms with Gasteiger partial charge < -0.3 is 15.6 Å². The van der Waals surface area contributed by atoms with Gasteiger partial charge in [0.25, 0.3) is 11.5 Å². The zero-order chi connectivity index (χ0) is 13.0. The first kappa shape index (κ1) is 15.9. The van der Waals surface area contributed by atoms with Gasteiger partial charge in [-0.05, 0) is 35.0 Å². The van der Waals surface area contributed by atoms with Crippen LogP contribution in [-0.2, 0) is 0 Å². The number of halogens is 2. The predicted octanol–water partition coefficient (Wildman–Crippen LogP) is 1.21. The second-order valence-electron chi connectivity index (χ2n) is 4.06. The highest BCUT2D eigenvalue weighted by Gasteiger charge is 2.09. The van der Waals surface area contributed by atoms with Gasteiger partial charge in [-0.2, -0.15) is 0 Å². The van der Waals surface area contributed by atoms with Crippen molar-refractivity contribution in [3.8, 4) is 0 Å². The lowest BCUT2D eigenvalue weighted by Gasteiger charge is -2.14. The Kier molecular flexibility index (Phi) is 6.27. The van der Waals surface area contributed by atoms with Gasteiger partial charge in [0.1, 0.15) is 0 Å². The van der Waals surface area contributed by atoms with E-state index in [4.69, 9.17) is 0 Å². The van der Waals surface area contributed by atoms with Gasteiger partial charge in [-0.15, -0.1) is 12.4 Å². The minimum absolute atomic E-state index is 0. The molecule has 0 spiro atoms. The van der Waals surface area contributed by atoms with E-state index in [1.165, 1.54) is 17.8 Å². The Balaban J connectivity index is 0.00000180. The fourth-order valence-corrected chi connectivity index (χ4v) is 2.07. The average molecular weight is 349 g/mol. The molecule has 104 valence electrons. The van der Waals surface area contributed by atoms with Crippen LogP contribution in [0.5, 0.6) is 0 Å². The van der Waals surface area contributed by atoms with E-state index in [0.717, 1.165) is 19.5 Å². The van der Waals surface area contributed by atoms with Crippen molar-refractivity contribution in [3.05, 3.63) is 44.3 Å². The van der Waals surface area contributed by atoms with Crippen molar-refractivity contribution < 1.29 is 4.79 Å². The molecule has 0 radical (unpaired) electrons. The quantitative estimate of drug-likeness (QED) is 0.719. The summed E-state index contributed by atoms with van der Waals surface area (Å²) in [6.45, 7) is 2.36. The summed E-state index contributed by atoms with van der Waals surface area (Å²) in [6, 6.07) is 1.52. The van der Waals surface area contributed by atoms with Crippen molar-refractivity contribution in [3.63, 3.8) is 0 Å². The summed E-state index contributed by atoms with van der Waals surface area (Å²) in [6.07, 6.45) is 4.46. The van der Waals surface area contributed by atoms with Crippen LogP contribution in [0.3, 0.4) is 0 Å². The fraction of sp³-hybridized carbons (Fsp3) is 0.333. The summed E-state index contributed by atoms with van der Waals surface area (Å²) in [4.78, 5) is 25.5. The maximum absolute atomic E-state index is 11.9. The molecule has 1 aliphatic heterocycles. The Hall–Kier alpha value is -1.11. The van der Waals surface area contributed by atoms with Gasteiger partial charge in [0.2, 0.25) is 0 Å². The van der Waals surface area contributed by atoms with Gasteiger partial charge in [0.15, 0.2) is 0 Å². The number of aromatic amines is 1. The molecule has 0 aromatic carbocycles. The number of carbonyl (C=O) groups excluding carboxylic acids is 1. The molecular weight excluding hydrogens is 334 g/mol. The maximum atomic E-state index is 11.9. The Morgan fingerprint density at radius 3 is 2.89 bits per heavy atom. The summed E-state index contributed by atoms with van der Waals surface area (Å²) in [5, 5.41) is 6.05. The molecule has 0 bridgehead atoms. The van der Waals surface area contributed by atoms with Crippen molar-refractivity contribution in [2.45, 2.75) is 6.42 Å². The number of hydrogen-bond donors (Lipinski definition) is 3. The lowest BCUT2D eigenvalue weighted by molar-refractivity contribution is 0.0956. The molecule has 2 rings (SSSR count). The third kappa shape index (κ3) is 4.49. The molecule has 1 aliphatic rings. The summed E-state index contributed by atoms with van der Waals surface area (Å²) >= 11 is 3.10. The number of pyridine rings is 1. The number of amides is 1. The molecule has 0 fully saturated rings. The van der Waals surface area contributed by atoms with Gasteiger partial charge in [0, 0.05) is 19.3 Å². The van der Waals surface area contributed by atoms with Crippen molar-refractivity contribution in [2.24, 2.45) is 0 Å². The largest absolute Gasteiger partial charge is 0.348 e. The van der Waals surface area contributed by atoms with Crippen LogP contribution in [0.15, 0.2) is 33.2 Å². The number of aromatic nitrogens is 1. The lowest BCUT2D eigenvalue weighted by Crippen LogP contribution is -2.30. The zero-order valence-electron chi connectivity index (χ0n) is 10.2. The molecule has 1 aromatic rings. The van der Waals surface area contributed by atoms with Crippen molar-refractivity contribution in [1.82, 2.24) is 15.6 Å². The van der Waals surface area contributed by atoms with E-state index < -0.39 is 0 Å². The number of carbonyl (C=O) groups is 1. The Morgan fingerprint density at radius 2 is 2.26 bits per heavy atom. The van der Waals surface area contributed by atoms with E-state index in [2.05, 4.69) is 37.6 Å². The third-order valence-corrected chi connectivity index (χ3v) is 3.34. The SMILES string of the molecule is Cl.O=C(NCC1=CCNCC1)c1c[nH]c(=O)c(Br)c1. The van der Waals surface area contributed by atoms with Crippen LogP contribution in [-0.4, -0.2) is 30.5 Å². The van der Waals surface area contributed by atoms with Crippen molar-refractivity contribution in [2.75, 3.05) is 19.6 Å². The standard InChI is InChI=1S/C12H14BrN3O2.ClH/c13-10-5-9(7-16-12(10)18)11(17)15-6-8-1-3-14-4-2-8;/h1,5,7,14H,2-4,6H2,(H,15,17)(H,16,18);1H. The highest BCUT2D eigenvalue weighted by atomic mass is 79.9. The highest BCUT2D eigenvalue weighted by Crippen LogP contribution is 2.06. The van der Waals surface area contributed by atoms with Gasteiger partial charge >= 0.3 is 0 Å². The minimum Gasteiger partial charge on any atom is -0.348 e. The van der Waals surface area contributed by atoms with Crippen molar-refractivity contribution >= 4 is 34.2 Å². The molecule has 3 N–H and O–H groups in total. The monoisotopic (exact) mass is 347 g/mol. The maximum Gasteiger partial charge on any atom is 0.262 e. The van der Waals surface area contributed by atoms with Crippen LogP contribution >= 0.6 is 28.3 Å². The summed E-state index contributed by atoms with van der Waals surface area (Å²) in [5.74, 6) is -0.189. The molecule has 0 unspecified atom stereocenters. The molecule has 7 heteroatoms. The first-order chi connectivity index (χ1) is 8.66. The molecule has 2 heterocycles. The molecule has 0 saturated carbocycles.